The molecule has 0 radical (unpaired) electrons. The van der Waals surface area contributed by atoms with Gasteiger partial charge in [-0.15, -0.1) is 23.2 Å². The van der Waals surface area contributed by atoms with Gasteiger partial charge >= 0.3 is 21.2 Å². The van der Waals surface area contributed by atoms with Gasteiger partial charge in [0, 0.05) is 43.5 Å². The predicted octanol–water partition coefficient (Wildman–Crippen LogP) is 0.478. The Bertz CT molecular complexity index is 1110. The number of aliphatic hydroxyl groups is 1. The van der Waals surface area contributed by atoms with Crippen molar-refractivity contribution < 1.29 is 53.3 Å². The van der Waals surface area contributed by atoms with Gasteiger partial charge in [0.1, 0.15) is 6.04 Å². The number of nitrogens with one attached hydrogen (secondary N) is 2. The van der Waals surface area contributed by atoms with Crippen molar-refractivity contribution in [2.24, 2.45) is 5.73 Å². The fraction of sp³-hybridized carbons (Fsp3) is 0.609. The molecule has 0 heterocycles. The average molecular weight is 679 g/mol. The van der Waals surface area contributed by atoms with Gasteiger partial charge in [-0.2, -0.15) is 0 Å². The molecule has 0 aliphatic heterocycles. The molecule has 2 amide bonds. The van der Waals surface area contributed by atoms with Gasteiger partial charge in [0.05, 0.1) is 6.04 Å². The van der Waals surface area contributed by atoms with E-state index < -0.39 is 56.6 Å². The molecule has 240 valence electrons. The number of amides is 2. The highest BCUT2D eigenvalue weighted by molar-refractivity contribution is 7.72. The summed E-state index contributed by atoms with van der Waals surface area (Å²) in [5.74, 6) is -1.85. The van der Waals surface area contributed by atoms with Crippen LogP contribution in [0.1, 0.15) is 37.7 Å². The molecule has 0 unspecified atom stereocenters. The Labute approximate surface area is 253 Å². The van der Waals surface area contributed by atoms with Gasteiger partial charge in [0.15, 0.2) is 0 Å². The second-order valence-electron chi connectivity index (χ2n) is 9.45. The number of alkyl halides is 2. The number of carboxylic acid groups (broad SMARTS) is 1. The van der Waals surface area contributed by atoms with E-state index in [-0.39, 0.29) is 38.6 Å². The van der Waals surface area contributed by atoms with Gasteiger partial charge in [-0.05, 0) is 49.8 Å². The van der Waals surface area contributed by atoms with Crippen molar-refractivity contribution >= 4 is 61.9 Å². The zero-order valence-electron chi connectivity index (χ0n) is 22.6. The fourth-order valence-corrected chi connectivity index (χ4v) is 6.50. The van der Waals surface area contributed by atoms with E-state index in [4.69, 9.17) is 48.5 Å². The molecule has 15 nitrogen and oxygen atoms in total. The van der Waals surface area contributed by atoms with Crippen LogP contribution in [0.25, 0.3) is 0 Å². The topological polar surface area (TPSA) is 260 Å². The van der Waals surface area contributed by atoms with Crippen LogP contribution >= 0.6 is 38.4 Å². The molecular weight excluding hydrogens is 641 g/mol. The number of halogens is 2. The van der Waals surface area contributed by atoms with Crippen LogP contribution in [0.4, 0.5) is 5.69 Å². The van der Waals surface area contributed by atoms with Crippen molar-refractivity contribution in [2.45, 2.75) is 55.7 Å². The molecule has 0 spiro atoms. The highest BCUT2D eigenvalue weighted by Gasteiger charge is 2.58. The Balaban J connectivity index is 2.55. The number of hydrogen-bond acceptors (Lipinski definition) is 8. The Morgan fingerprint density at radius 1 is 0.976 bits per heavy atom. The summed E-state index contributed by atoms with van der Waals surface area (Å²) in [6.07, 6.45) is -1.61. The van der Waals surface area contributed by atoms with Gasteiger partial charge in [-0.25, -0.2) is 4.79 Å². The smallest absolute Gasteiger partial charge is 0.369 e. The minimum Gasteiger partial charge on any atom is -0.480 e. The van der Waals surface area contributed by atoms with Gasteiger partial charge < -0.3 is 51.1 Å². The lowest BCUT2D eigenvalue weighted by Gasteiger charge is -2.29. The molecule has 0 aliphatic rings. The summed E-state index contributed by atoms with van der Waals surface area (Å²) in [5, 5.41) is 20.5. The SMILES string of the molecule is N[C@@H](Cc1ccc(N(CCCl)CCCl)cc1)C(=O)N[C@@H](CCC(=O)NCCCCC(O)(P(=O)(O)O)P(=O)(O)O)C(=O)O. The maximum absolute atomic E-state index is 12.5. The zero-order valence-corrected chi connectivity index (χ0v) is 25.9. The number of aliphatic carboxylic acids is 1. The van der Waals surface area contributed by atoms with Crippen LogP contribution in [0.15, 0.2) is 24.3 Å². The maximum Gasteiger partial charge on any atom is 0.369 e. The van der Waals surface area contributed by atoms with Crippen molar-refractivity contribution in [1.29, 1.82) is 0 Å². The highest BCUT2D eigenvalue weighted by Crippen LogP contribution is 2.69. The average Bonchev–Trinajstić information content (AvgIpc) is 2.89. The van der Waals surface area contributed by atoms with Crippen LogP contribution in [-0.4, -0.2) is 96.1 Å². The number of anilines is 1. The first-order chi connectivity index (χ1) is 19.5. The van der Waals surface area contributed by atoms with E-state index in [9.17, 15) is 33.7 Å². The van der Waals surface area contributed by atoms with Crippen molar-refractivity contribution in [1.82, 2.24) is 10.6 Å². The van der Waals surface area contributed by atoms with Crippen molar-refractivity contribution in [2.75, 3.05) is 36.3 Å². The summed E-state index contributed by atoms with van der Waals surface area (Å²) < 4.78 is 22.7. The van der Waals surface area contributed by atoms with Crippen LogP contribution in [0, 0.1) is 0 Å². The number of nitrogens with two attached hydrogens (primary N) is 1. The summed E-state index contributed by atoms with van der Waals surface area (Å²) in [6.45, 7) is 1.13. The molecule has 42 heavy (non-hydrogen) atoms. The monoisotopic (exact) mass is 678 g/mol. The molecule has 0 aliphatic carbocycles. The maximum atomic E-state index is 12.5. The van der Waals surface area contributed by atoms with Crippen molar-refractivity contribution in [3.05, 3.63) is 29.8 Å². The first-order valence-corrected chi connectivity index (χ1v) is 17.1. The zero-order chi connectivity index (χ0) is 32.1. The Hall–Kier alpha value is -1.77. The number of nitrogens with zero attached hydrogens (tertiary/aromatic N) is 1. The van der Waals surface area contributed by atoms with E-state index in [1.165, 1.54) is 0 Å². The molecule has 0 saturated carbocycles. The molecule has 2 atom stereocenters. The summed E-state index contributed by atoms with van der Waals surface area (Å²) in [5.41, 5.74) is 7.61. The van der Waals surface area contributed by atoms with E-state index in [2.05, 4.69) is 10.6 Å². The number of hydrogen-bond donors (Lipinski definition) is 9. The third-order valence-corrected chi connectivity index (χ3v) is 10.5. The molecule has 0 saturated heterocycles. The molecular formula is C23H38Cl2N4O11P2. The fourth-order valence-electron chi connectivity index (χ4n) is 3.84. The lowest BCUT2D eigenvalue weighted by atomic mass is 10.0. The summed E-state index contributed by atoms with van der Waals surface area (Å²) >= 11 is 11.7. The van der Waals surface area contributed by atoms with Gasteiger partial charge in [-0.3, -0.25) is 18.7 Å². The Kier molecular flexibility index (Phi) is 15.9. The molecule has 1 rings (SSSR count). The van der Waals surface area contributed by atoms with Crippen LogP contribution < -0.4 is 21.3 Å². The second-order valence-corrected chi connectivity index (χ2v) is 14.2. The first kappa shape index (κ1) is 38.3. The normalized spacial score (nSPS) is 13.7. The molecule has 0 aromatic heterocycles. The van der Waals surface area contributed by atoms with Crippen LogP contribution in [0.5, 0.6) is 0 Å². The minimum absolute atomic E-state index is 0.000424. The largest absolute Gasteiger partial charge is 0.480 e. The Morgan fingerprint density at radius 2 is 1.52 bits per heavy atom. The summed E-state index contributed by atoms with van der Waals surface area (Å²) in [4.78, 5) is 74.8. The second kappa shape index (κ2) is 17.5. The van der Waals surface area contributed by atoms with E-state index in [0.717, 1.165) is 11.3 Å². The molecule has 19 heteroatoms. The Morgan fingerprint density at radius 3 is 2.00 bits per heavy atom. The van der Waals surface area contributed by atoms with Gasteiger partial charge in [-0.1, -0.05) is 12.1 Å². The van der Waals surface area contributed by atoms with E-state index >= 15 is 0 Å². The lowest BCUT2D eigenvalue weighted by Crippen LogP contribution is -2.49. The van der Waals surface area contributed by atoms with E-state index in [1.54, 1.807) is 12.1 Å². The quantitative estimate of drug-likeness (QED) is 0.0517. The first-order valence-electron chi connectivity index (χ1n) is 12.8. The minimum atomic E-state index is -5.56. The number of carbonyl (C=O) groups is 3. The van der Waals surface area contributed by atoms with Crippen LogP contribution in [0.2, 0.25) is 0 Å². The summed E-state index contributed by atoms with van der Waals surface area (Å²) in [7, 11) is -11.1. The van der Waals surface area contributed by atoms with Gasteiger partial charge in [0.2, 0.25) is 11.8 Å². The molecule has 0 bridgehead atoms. The molecule has 10 N–H and O–H groups in total. The van der Waals surface area contributed by atoms with Gasteiger partial charge in [0.25, 0.3) is 5.08 Å². The van der Waals surface area contributed by atoms with Crippen molar-refractivity contribution in [3.63, 3.8) is 0 Å². The third kappa shape index (κ3) is 12.1. The van der Waals surface area contributed by atoms with E-state index in [1.807, 2.05) is 17.0 Å². The standard InChI is InChI=1S/C23H38Cl2N4O11P2/c24-10-13-29(14-11-25)17-5-3-16(4-6-17)15-18(26)21(31)28-19(22(32)33)7-8-20(30)27-12-2-1-9-23(34,41(35,36)37)42(38,39)40/h3-6,18-19,34H,1-2,7-15,26H2,(H,27,30)(H,28,31)(H,32,33)(H2,35,36,37)(H2,38,39,40)/t18-,19-/m0/s1. The predicted molar refractivity (Wildman–Crippen MR) is 156 cm³/mol. The van der Waals surface area contributed by atoms with E-state index in [0.29, 0.717) is 24.8 Å². The highest BCUT2D eigenvalue weighted by atomic mass is 35.5. The lowest BCUT2D eigenvalue weighted by molar-refractivity contribution is -0.142. The molecule has 1 aromatic carbocycles. The van der Waals surface area contributed by atoms with Crippen LogP contribution in [0.3, 0.4) is 0 Å². The number of carboxylic acids is 1. The number of rotatable bonds is 20. The number of carbonyl (C=O) groups excluding carboxylic acids is 2. The van der Waals surface area contributed by atoms with Crippen molar-refractivity contribution in [3.8, 4) is 0 Å². The number of benzene rings is 1. The molecule has 1 aromatic rings. The molecule has 0 fully saturated rings. The third-order valence-electron chi connectivity index (χ3n) is 6.27. The number of unbranched alkanes of at least 4 members (excludes halogenated alkanes) is 1. The summed E-state index contributed by atoms with van der Waals surface area (Å²) in [6, 6.07) is 4.79. The van der Waals surface area contributed by atoms with Crippen LogP contribution in [-0.2, 0) is 29.9 Å².